The predicted octanol–water partition coefficient (Wildman–Crippen LogP) is 4.05. The van der Waals surface area contributed by atoms with E-state index in [1.807, 2.05) is 0 Å². The van der Waals surface area contributed by atoms with Crippen molar-refractivity contribution < 1.29 is 13.9 Å². The number of carbonyl (C=O) groups excluding carboxylic acids is 1. The van der Waals surface area contributed by atoms with Gasteiger partial charge < -0.3 is 4.74 Å². The standard InChI is InChI=1S/C16H13Cl2FN2O2/c1-10(11-2-5-13(19)6-3-11)20-21-16(22)9-23-15-7-4-12(17)8-14(15)18/h2-8H,9H2,1H3,(H,21,22)/b20-10+. The van der Waals surface area contributed by atoms with Gasteiger partial charge in [0.2, 0.25) is 0 Å². The highest BCUT2D eigenvalue weighted by molar-refractivity contribution is 6.35. The highest BCUT2D eigenvalue weighted by Gasteiger charge is 2.06. The second-order valence-electron chi connectivity index (χ2n) is 4.60. The van der Waals surface area contributed by atoms with Gasteiger partial charge in [-0.1, -0.05) is 35.3 Å². The monoisotopic (exact) mass is 354 g/mol. The van der Waals surface area contributed by atoms with Crippen LogP contribution in [0, 0.1) is 5.82 Å². The fourth-order valence-corrected chi connectivity index (χ4v) is 2.13. The van der Waals surface area contributed by atoms with E-state index in [1.54, 1.807) is 31.2 Å². The van der Waals surface area contributed by atoms with Gasteiger partial charge in [-0.25, -0.2) is 9.82 Å². The number of hydrogen-bond donors (Lipinski definition) is 1. The quantitative estimate of drug-likeness (QED) is 0.650. The Balaban J connectivity index is 1.89. The summed E-state index contributed by atoms with van der Waals surface area (Å²) < 4.78 is 18.1. The first-order valence-corrected chi connectivity index (χ1v) is 7.38. The van der Waals surface area contributed by atoms with Crippen molar-refractivity contribution in [3.8, 4) is 5.75 Å². The topological polar surface area (TPSA) is 50.7 Å². The van der Waals surface area contributed by atoms with Crippen LogP contribution in [0.15, 0.2) is 47.6 Å². The van der Waals surface area contributed by atoms with Crippen LogP contribution < -0.4 is 10.2 Å². The minimum atomic E-state index is -0.447. The summed E-state index contributed by atoms with van der Waals surface area (Å²) in [4.78, 5) is 11.7. The summed E-state index contributed by atoms with van der Waals surface area (Å²) in [5.74, 6) is -0.429. The number of carbonyl (C=O) groups is 1. The lowest BCUT2D eigenvalue weighted by Gasteiger charge is -2.07. The largest absolute Gasteiger partial charge is 0.482 e. The van der Waals surface area contributed by atoms with Crippen LogP contribution in [0.25, 0.3) is 0 Å². The van der Waals surface area contributed by atoms with Crippen LogP contribution in [0.2, 0.25) is 10.0 Å². The van der Waals surface area contributed by atoms with E-state index in [2.05, 4.69) is 10.5 Å². The average molecular weight is 355 g/mol. The van der Waals surface area contributed by atoms with E-state index >= 15 is 0 Å². The zero-order valence-corrected chi connectivity index (χ0v) is 13.7. The number of halogens is 3. The molecule has 0 spiro atoms. The van der Waals surface area contributed by atoms with Crippen LogP contribution in [-0.4, -0.2) is 18.2 Å². The third kappa shape index (κ3) is 5.23. The number of nitrogens with zero attached hydrogens (tertiary/aromatic N) is 1. The lowest BCUT2D eigenvalue weighted by Crippen LogP contribution is -2.25. The average Bonchev–Trinajstić information content (AvgIpc) is 2.52. The highest BCUT2D eigenvalue weighted by atomic mass is 35.5. The zero-order valence-electron chi connectivity index (χ0n) is 12.1. The van der Waals surface area contributed by atoms with Crippen molar-refractivity contribution in [1.29, 1.82) is 0 Å². The second kappa shape index (κ2) is 7.94. The Hall–Kier alpha value is -2.11. The van der Waals surface area contributed by atoms with Gasteiger partial charge in [0, 0.05) is 5.02 Å². The maximum Gasteiger partial charge on any atom is 0.277 e. The molecule has 0 saturated heterocycles. The second-order valence-corrected chi connectivity index (χ2v) is 5.45. The summed E-state index contributed by atoms with van der Waals surface area (Å²) >= 11 is 11.7. The van der Waals surface area contributed by atoms with Gasteiger partial charge in [0.25, 0.3) is 5.91 Å². The summed E-state index contributed by atoms with van der Waals surface area (Å²) in [5, 5.41) is 4.73. The molecule has 4 nitrogen and oxygen atoms in total. The van der Waals surface area contributed by atoms with E-state index in [0.29, 0.717) is 27.1 Å². The Morgan fingerprint density at radius 3 is 2.57 bits per heavy atom. The molecule has 0 atom stereocenters. The summed E-state index contributed by atoms with van der Waals surface area (Å²) in [6.07, 6.45) is 0. The van der Waals surface area contributed by atoms with Crippen LogP contribution >= 0.6 is 23.2 Å². The van der Waals surface area contributed by atoms with Gasteiger partial charge in [0.1, 0.15) is 11.6 Å². The minimum absolute atomic E-state index is 0.248. The SMILES string of the molecule is C/C(=N\NC(=O)COc1ccc(Cl)cc1Cl)c1ccc(F)cc1. The molecule has 0 bridgehead atoms. The molecule has 1 amide bonds. The fraction of sp³-hybridized carbons (Fsp3) is 0.125. The molecule has 0 radical (unpaired) electrons. The van der Waals surface area contributed by atoms with Crippen molar-refractivity contribution in [1.82, 2.24) is 5.43 Å². The van der Waals surface area contributed by atoms with Crippen molar-refractivity contribution >= 4 is 34.8 Å². The molecule has 23 heavy (non-hydrogen) atoms. The van der Waals surface area contributed by atoms with E-state index in [-0.39, 0.29) is 12.4 Å². The maximum atomic E-state index is 12.8. The summed E-state index contributed by atoms with van der Waals surface area (Å²) in [5.41, 5.74) is 3.60. The van der Waals surface area contributed by atoms with Crippen molar-refractivity contribution in [2.45, 2.75) is 6.92 Å². The molecule has 0 heterocycles. The molecular formula is C16H13Cl2FN2O2. The number of nitrogens with one attached hydrogen (secondary N) is 1. The molecule has 0 aromatic heterocycles. The van der Waals surface area contributed by atoms with Crippen LogP contribution in [0.1, 0.15) is 12.5 Å². The minimum Gasteiger partial charge on any atom is -0.482 e. The van der Waals surface area contributed by atoms with Gasteiger partial charge in [0.05, 0.1) is 10.7 Å². The van der Waals surface area contributed by atoms with Gasteiger partial charge in [-0.15, -0.1) is 0 Å². The van der Waals surface area contributed by atoms with Crippen LogP contribution in [0.3, 0.4) is 0 Å². The molecule has 7 heteroatoms. The third-order valence-electron chi connectivity index (χ3n) is 2.86. The number of benzene rings is 2. The Morgan fingerprint density at radius 1 is 1.22 bits per heavy atom. The molecule has 2 rings (SSSR count). The molecular weight excluding hydrogens is 342 g/mol. The first-order valence-electron chi connectivity index (χ1n) is 6.62. The number of rotatable bonds is 5. The van der Waals surface area contributed by atoms with E-state index in [4.69, 9.17) is 27.9 Å². The molecule has 0 aliphatic rings. The molecule has 2 aromatic carbocycles. The first-order chi connectivity index (χ1) is 11.0. The summed E-state index contributed by atoms with van der Waals surface area (Å²) in [6.45, 7) is 1.45. The van der Waals surface area contributed by atoms with Crippen LogP contribution in [-0.2, 0) is 4.79 Å². The Bertz CT molecular complexity index is 733. The number of hydrazone groups is 1. The van der Waals surface area contributed by atoms with Crippen molar-refractivity contribution in [3.63, 3.8) is 0 Å². The Kier molecular flexibility index (Phi) is 5.96. The van der Waals surface area contributed by atoms with Gasteiger partial charge >= 0.3 is 0 Å². The Morgan fingerprint density at radius 2 is 1.91 bits per heavy atom. The molecule has 1 N–H and O–H groups in total. The van der Waals surface area contributed by atoms with Crippen LogP contribution in [0.4, 0.5) is 4.39 Å². The number of amides is 1. The van der Waals surface area contributed by atoms with Gasteiger partial charge in [-0.2, -0.15) is 5.10 Å². The molecule has 0 unspecified atom stereocenters. The lowest BCUT2D eigenvalue weighted by molar-refractivity contribution is -0.123. The first kappa shape index (κ1) is 17.2. The fourth-order valence-electron chi connectivity index (χ4n) is 1.67. The van der Waals surface area contributed by atoms with Crippen LogP contribution in [0.5, 0.6) is 5.75 Å². The smallest absolute Gasteiger partial charge is 0.277 e. The lowest BCUT2D eigenvalue weighted by atomic mass is 10.1. The molecule has 0 aliphatic carbocycles. The van der Waals surface area contributed by atoms with E-state index in [0.717, 1.165) is 0 Å². The third-order valence-corrected chi connectivity index (χ3v) is 3.39. The van der Waals surface area contributed by atoms with E-state index in [9.17, 15) is 9.18 Å². The summed E-state index contributed by atoms with van der Waals surface area (Å²) in [6, 6.07) is 10.5. The number of ether oxygens (including phenoxy) is 1. The van der Waals surface area contributed by atoms with Gasteiger partial charge in [-0.05, 0) is 42.8 Å². The molecule has 0 saturated carbocycles. The van der Waals surface area contributed by atoms with Crippen molar-refractivity contribution in [2.75, 3.05) is 6.61 Å². The molecule has 2 aromatic rings. The molecule has 0 fully saturated rings. The molecule has 0 aliphatic heterocycles. The van der Waals surface area contributed by atoms with E-state index < -0.39 is 5.91 Å². The van der Waals surface area contributed by atoms with E-state index in [1.165, 1.54) is 18.2 Å². The van der Waals surface area contributed by atoms with Gasteiger partial charge in [-0.3, -0.25) is 4.79 Å². The maximum absolute atomic E-state index is 12.8. The summed E-state index contributed by atoms with van der Waals surface area (Å²) in [7, 11) is 0. The van der Waals surface area contributed by atoms with Gasteiger partial charge in [0.15, 0.2) is 6.61 Å². The number of hydrogen-bond acceptors (Lipinski definition) is 3. The molecule has 120 valence electrons. The highest BCUT2D eigenvalue weighted by Crippen LogP contribution is 2.27. The Labute approximate surface area is 142 Å². The normalized spacial score (nSPS) is 11.2. The van der Waals surface area contributed by atoms with Crippen molar-refractivity contribution in [2.24, 2.45) is 5.10 Å². The zero-order chi connectivity index (χ0) is 16.8. The predicted molar refractivity (Wildman–Crippen MR) is 88.7 cm³/mol. The van der Waals surface area contributed by atoms with Crippen molar-refractivity contribution in [3.05, 3.63) is 63.9 Å².